The van der Waals surface area contributed by atoms with Crippen molar-refractivity contribution in [3.63, 3.8) is 0 Å². The van der Waals surface area contributed by atoms with Crippen LogP contribution in [0.5, 0.6) is 11.5 Å². The number of hydrogen-bond acceptors (Lipinski definition) is 5. The summed E-state index contributed by atoms with van der Waals surface area (Å²) >= 11 is 1.73. The Morgan fingerprint density at radius 2 is 1.90 bits per heavy atom. The molecular formula is C15H21NO3S2. The van der Waals surface area contributed by atoms with E-state index in [-0.39, 0.29) is 0 Å². The van der Waals surface area contributed by atoms with Gasteiger partial charge in [-0.3, -0.25) is 4.21 Å². The monoisotopic (exact) mass is 327 g/mol. The molecule has 0 spiro atoms. The minimum atomic E-state index is -0.597. The van der Waals surface area contributed by atoms with E-state index in [0.29, 0.717) is 19.3 Å². The average Bonchev–Trinajstić information content (AvgIpc) is 2.53. The van der Waals surface area contributed by atoms with Crippen LogP contribution >= 0.6 is 11.8 Å². The van der Waals surface area contributed by atoms with Gasteiger partial charge in [0.2, 0.25) is 0 Å². The Labute approximate surface area is 132 Å². The summed E-state index contributed by atoms with van der Waals surface area (Å²) in [6.07, 6.45) is 4.09. The lowest BCUT2D eigenvalue weighted by Gasteiger charge is -2.24. The van der Waals surface area contributed by atoms with Crippen LogP contribution in [-0.4, -0.2) is 41.2 Å². The minimum absolute atomic E-state index is 0.477. The zero-order chi connectivity index (χ0) is 14.7. The SMILES string of the molecule is CSc1cc2c(cc1CNC1CCS(=O)CC1)OCCO2. The van der Waals surface area contributed by atoms with Crippen LogP contribution in [0, 0.1) is 0 Å². The van der Waals surface area contributed by atoms with E-state index in [9.17, 15) is 4.21 Å². The van der Waals surface area contributed by atoms with Gasteiger partial charge in [-0.1, -0.05) is 0 Å². The third kappa shape index (κ3) is 3.73. The molecule has 0 bridgehead atoms. The molecule has 1 fully saturated rings. The Kier molecular flexibility index (Phi) is 5.08. The average molecular weight is 327 g/mol. The van der Waals surface area contributed by atoms with Crippen molar-refractivity contribution in [2.24, 2.45) is 0 Å². The number of ether oxygens (including phenoxy) is 2. The fraction of sp³-hybridized carbons (Fsp3) is 0.600. The van der Waals surface area contributed by atoms with Crippen LogP contribution in [0.15, 0.2) is 17.0 Å². The van der Waals surface area contributed by atoms with Crippen molar-refractivity contribution in [3.05, 3.63) is 17.7 Å². The van der Waals surface area contributed by atoms with E-state index < -0.39 is 10.8 Å². The Morgan fingerprint density at radius 1 is 1.24 bits per heavy atom. The Hall–Kier alpha value is -0.720. The minimum Gasteiger partial charge on any atom is -0.486 e. The highest BCUT2D eigenvalue weighted by atomic mass is 32.2. The van der Waals surface area contributed by atoms with Crippen molar-refractivity contribution in [1.29, 1.82) is 0 Å². The van der Waals surface area contributed by atoms with E-state index in [1.54, 1.807) is 11.8 Å². The van der Waals surface area contributed by atoms with Crippen LogP contribution in [0.2, 0.25) is 0 Å². The summed E-state index contributed by atoms with van der Waals surface area (Å²) in [6.45, 7) is 2.06. The van der Waals surface area contributed by atoms with Gasteiger partial charge in [0, 0.05) is 39.8 Å². The molecule has 0 aromatic heterocycles. The van der Waals surface area contributed by atoms with Crippen molar-refractivity contribution in [1.82, 2.24) is 5.32 Å². The molecule has 6 heteroatoms. The summed E-state index contributed by atoms with van der Waals surface area (Å²) in [5, 5.41) is 3.60. The lowest BCUT2D eigenvalue weighted by Crippen LogP contribution is -2.35. The molecule has 2 heterocycles. The van der Waals surface area contributed by atoms with Gasteiger partial charge >= 0.3 is 0 Å². The molecule has 0 atom stereocenters. The van der Waals surface area contributed by atoms with E-state index in [4.69, 9.17) is 9.47 Å². The Balaban J connectivity index is 1.68. The van der Waals surface area contributed by atoms with Gasteiger partial charge in [-0.15, -0.1) is 11.8 Å². The van der Waals surface area contributed by atoms with Gasteiger partial charge in [-0.25, -0.2) is 0 Å². The first kappa shape index (κ1) is 15.2. The molecule has 0 unspecified atom stereocenters. The summed E-state index contributed by atoms with van der Waals surface area (Å²) in [4.78, 5) is 1.23. The van der Waals surface area contributed by atoms with Crippen LogP contribution in [0.4, 0.5) is 0 Å². The molecule has 21 heavy (non-hydrogen) atoms. The van der Waals surface area contributed by atoms with Crippen molar-refractivity contribution >= 4 is 22.6 Å². The van der Waals surface area contributed by atoms with E-state index in [0.717, 1.165) is 42.4 Å². The standard InChI is InChI=1S/C15H21NO3S2/c1-20-15-9-14-13(18-4-5-19-14)8-11(15)10-16-12-2-6-21(17)7-3-12/h8-9,12,16H,2-7,10H2,1H3. The van der Waals surface area contributed by atoms with Gasteiger partial charge in [0.15, 0.2) is 11.5 Å². The molecule has 0 amide bonds. The number of nitrogens with one attached hydrogen (secondary N) is 1. The normalized spacial score (nSPS) is 24.8. The highest BCUT2D eigenvalue weighted by molar-refractivity contribution is 7.98. The molecule has 1 aromatic carbocycles. The number of rotatable bonds is 4. The highest BCUT2D eigenvalue weighted by Gasteiger charge is 2.19. The fourth-order valence-electron chi connectivity index (χ4n) is 2.69. The van der Waals surface area contributed by atoms with Gasteiger partial charge in [-0.05, 0) is 36.8 Å². The molecule has 0 radical (unpaired) electrons. The van der Waals surface area contributed by atoms with Crippen LogP contribution in [-0.2, 0) is 17.3 Å². The van der Waals surface area contributed by atoms with E-state index in [2.05, 4.69) is 23.7 Å². The van der Waals surface area contributed by atoms with E-state index in [1.165, 1.54) is 10.5 Å². The van der Waals surface area contributed by atoms with Crippen molar-refractivity contribution in [3.8, 4) is 11.5 Å². The lowest BCUT2D eigenvalue weighted by atomic mass is 10.1. The summed E-state index contributed by atoms with van der Waals surface area (Å²) in [5.41, 5.74) is 1.25. The predicted molar refractivity (Wildman–Crippen MR) is 87.0 cm³/mol. The Morgan fingerprint density at radius 3 is 2.57 bits per heavy atom. The number of benzene rings is 1. The molecule has 116 valence electrons. The zero-order valence-corrected chi connectivity index (χ0v) is 13.9. The summed E-state index contributed by atoms with van der Waals surface area (Å²) < 4.78 is 22.7. The molecule has 4 nitrogen and oxygen atoms in total. The second kappa shape index (κ2) is 7.03. The molecule has 1 N–H and O–H groups in total. The number of fused-ring (bicyclic) bond motifs is 1. The maximum Gasteiger partial charge on any atom is 0.162 e. The van der Waals surface area contributed by atoms with Crippen molar-refractivity contribution in [2.45, 2.75) is 30.3 Å². The third-order valence-electron chi connectivity index (χ3n) is 3.91. The maximum absolute atomic E-state index is 11.4. The van der Waals surface area contributed by atoms with Crippen molar-refractivity contribution < 1.29 is 13.7 Å². The van der Waals surface area contributed by atoms with Gasteiger partial charge in [0.05, 0.1) is 0 Å². The highest BCUT2D eigenvalue weighted by Crippen LogP contribution is 2.36. The molecule has 3 rings (SSSR count). The molecule has 1 saturated heterocycles. The largest absolute Gasteiger partial charge is 0.486 e. The van der Waals surface area contributed by atoms with Gasteiger partial charge < -0.3 is 14.8 Å². The molecule has 0 aliphatic carbocycles. The quantitative estimate of drug-likeness (QED) is 0.859. The number of hydrogen-bond donors (Lipinski definition) is 1. The number of thioether (sulfide) groups is 1. The summed E-state index contributed by atoms with van der Waals surface area (Å²) in [6, 6.07) is 4.64. The smallest absolute Gasteiger partial charge is 0.162 e. The first-order chi connectivity index (χ1) is 10.3. The second-order valence-corrected chi connectivity index (χ2v) is 7.86. The van der Waals surface area contributed by atoms with Crippen LogP contribution in [0.3, 0.4) is 0 Å². The van der Waals surface area contributed by atoms with Crippen molar-refractivity contribution in [2.75, 3.05) is 31.0 Å². The first-order valence-corrected chi connectivity index (χ1v) is 10.0. The molecule has 2 aliphatic rings. The predicted octanol–water partition coefficient (Wildman–Crippen LogP) is 2.18. The molecule has 1 aromatic rings. The fourth-order valence-corrected chi connectivity index (χ4v) is 4.61. The third-order valence-corrected chi connectivity index (χ3v) is 6.12. The molecule has 0 saturated carbocycles. The van der Waals surface area contributed by atoms with Gasteiger partial charge in [0.1, 0.15) is 13.2 Å². The van der Waals surface area contributed by atoms with E-state index >= 15 is 0 Å². The van der Waals surface area contributed by atoms with Crippen LogP contribution in [0.1, 0.15) is 18.4 Å². The first-order valence-electron chi connectivity index (χ1n) is 7.31. The topological polar surface area (TPSA) is 47.6 Å². The van der Waals surface area contributed by atoms with Gasteiger partial charge in [0.25, 0.3) is 0 Å². The lowest BCUT2D eigenvalue weighted by molar-refractivity contribution is 0.171. The zero-order valence-electron chi connectivity index (χ0n) is 12.2. The maximum atomic E-state index is 11.4. The molecule has 2 aliphatic heterocycles. The van der Waals surface area contributed by atoms with Gasteiger partial charge in [-0.2, -0.15) is 0 Å². The second-order valence-electron chi connectivity index (χ2n) is 5.31. The summed E-state index contributed by atoms with van der Waals surface area (Å²) in [5.74, 6) is 3.35. The van der Waals surface area contributed by atoms with Crippen LogP contribution in [0.25, 0.3) is 0 Å². The Bertz CT molecular complexity index is 526. The van der Waals surface area contributed by atoms with E-state index in [1.807, 2.05) is 0 Å². The molecular weight excluding hydrogens is 306 g/mol. The summed E-state index contributed by atoms with van der Waals surface area (Å²) in [7, 11) is -0.597. The van der Waals surface area contributed by atoms with Crippen LogP contribution < -0.4 is 14.8 Å².